The molecule has 0 saturated heterocycles. The number of benzene rings is 1. The Bertz CT molecular complexity index is 461. The van der Waals surface area contributed by atoms with Crippen LogP contribution in [0.4, 0.5) is 5.69 Å². The maximum atomic E-state index is 9.34. The van der Waals surface area contributed by atoms with Crippen molar-refractivity contribution >= 4 is 38.8 Å². The Morgan fingerprint density at radius 3 is 2.68 bits per heavy atom. The minimum Gasteiger partial charge on any atom is -0.395 e. The lowest BCUT2D eigenvalue weighted by molar-refractivity contribution is 0.297. The van der Waals surface area contributed by atoms with Crippen LogP contribution >= 0.6 is 28.1 Å². The van der Waals surface area contributed by atoms with Crippen molar-refractivity contribution < 1.29 is 5.11 Å². The second-order valence-corrected chi connectivity index (χ2v) is 6.24. The Kier molecular flexibility index (Phi) is 5.19. The molecular weight excluding hydrogens is 324 g/mol. The van der Waals surface area contributed by atoms with E-state index in [0.29, 0.717) is 17.6 Å². The van der Waals surface area contributed by atoms with Gasteiger partial charge in [0.15, 0.2) is 0 Å². The van der Waals surface area contributed by atoms with Crippen molar-refractivity contribution in [3.8, 4) is 0 Å². The standard InChI is InChI=1S/C14H19BrN2OS/c15-10-5-6-12(14(16)19)13(9-10)17(7-8-18)11-3-1-2-4-11/h5-6,9,11,18H,1-4,7-8H2,(H2,16,19). The van der Waals surface area contributed by atoms with Crippen molar-refractivity contribution in [2.45, 2.75) is 31.7 Å². The molecule has 0 aromatic heterocycles. The summed E-state index contributed by atoms with van der Waals surface area (Å²) in [6.07, 6.45) is 4.85. The molecule has 3 nitrogen and oxygen atoms in total. The molecule has 0 heterocycles. The highest BCUT2D eigenvalue weighted by Gasteiger charge is 2.24. The van der Waals surface area contributed by atoms with Gasteiger partial charge in [-0.15, -0.1) is 0 Å². The topological polar surface area (TPSA) is 49.5 Å². The zero-order valence-electron chi connectivity index (χ0n) is 10.8. The van der Waals surface area contributed by atoms with Gasteiger partial charge in [0.2, 0.25) is 0 Å². The molecular formula is C14H19BrN2OS. The van der Waals surface area contributed by atoms with Gasteiger partial charge >= 0.3 is 0 Å². The molecule has 0 amide bonds. The van der Waals surface area contributed by atoms with Crippen LogP contribution in [0.25, 0.3) is 0 Å². The van der Waals surface area contributed by atoms with Crippen molar-refractivity contribution in [2.24, 2.45) is 5.73 Å². The van der Waals surface area contributed by atoms with E-state index >= 15 is 0 Å². The van der Waals surface area contributed by atoms with Crippen molar-refractivity contribution in [3.05, 3.63) is 28.2 Å². The normalized spacial score (nSPS) is 15.7. The average molecular weight is 343 g/mol. The highest BCUT2D eigenvalue weighted by atomic mass is 79.9. The van der Waals surface area contributed by atoms with E-state index in [1.165, 1.54) is 25.7 Å². The van der Waals surface area contributed by atoms with Gasteiger partial charge in [0.05, 0.1) is 6.61 Å². The van der Waals surface area contributed by atoms with E-state index in [4.69, 9.17) is 18.0 Å². The molecule has 1 fully saturated rings. The Balaban J connectivity index is 2.39. The predicted octanol–water partition coefficient (Wildman–Crippen LogP) is 2.82. The molecule has 5 heteroatoms. The van der Waals surface area contributed by atoms with Gasteiger partial charge in [-0.05, 0) is 31.0 Å². The molecule has 0 unspecified atom stereocenters. The second kappa shape index (κ2) is 6.68. The Morgan fingerprint density at radius 2 is 2.11 bits per heavy atom. The summed E-state index contributed by atoms with van der Waals surface area (Å²) >= 11 is 8.64. The highest BCUT2D eigenvalue weighted by Crippen LogP contribution is 2.32. The number of nitrogens with zero attached hydrogens (tertiary/aromatic N) is 1. The van der Waals surface area contributed by atoms with Crippen LogP contribution in [-0.4, -0.2) is 29.3 Å². The number of aliphatic hydroxyl groups excluding tert-OH is 1. The summed E-state index contributed by atoms with van der Waals surface area (Å²) in [4.78, 5) is 2.66. The molecule has 0 radical (unpaired) electrons. The van der Waals surface area contributed by atoms with Crippen molar-refractivity contribution in [2.75, 3.05) is 18.1 Å². The van der Waals surface area contributed by atoms with E-state index in [1.54, 1.807) is 0 Å². The largest absolute Gasteiger partial charge is 0.395 e. The van der Waals surface area contributed by atoms with Gasteiger partial charge in [-0.2, -0.15) is 0 Å². The van der Waals surface area contributed by atoms with Crippen LogP contribution in [0.1, 0.15) is 31.2 Å². The molecule has 0 spiro atoms. The molecule has 0 atom stereocenters. The Hall–Kier alpha value is -0.650. The summed E-state index contributed by atoms with van der Waals surface area (Å²) in [6.45, 7) is 0.760. The van der Waals surface area contributed by atoms with Gasteiger partial charge in [-0.25, -0.2) is 0 Å². The first kappa shape index (κ1) is 14.8. The van der Waals surface area contributed by atoms with Crippen LogP contribution in [0, 0.1) is 0 Å². The summed E-state index contributed by atoms with van der Waals surface area (Å²) in [5.41, 5.74) is 7.74. The Morgan fingerprint density at radius 1 is 1.42 bits per heavy atom. The fourth-order valence-electron chi connectivity index (χ4n) is 2.77. The highest BCUT2D eigenvalue weighted by molar-refractivity contribution is 9.10. The van der Waals surface area contributed by atoms with E-state index in [0.717, 1.165) is 15.7 Å². The van der Waals surface area contributed by atoms with Crippen LogP contribution in [0.5, 0.6) is 0 Å². The molecule has 1 aliphatic rings. The molecule has 0 bridgehead atoms. The van der Waals surface area contributed by atoms with Gasteiger partial charge in [-0.1, -0.05) is 41.0 Å². The fraction of sp³-hybridized carbons (Fsp3) is 0.500. The summed E-state index contributed by atoms with van der Waals surface area (Å²) in [5, 5.41) is 9.34. The maximum absolute atomic E-state index is 9.34. The lowest BCUT2D eigenvalue weighted by Crippen LogP contribution is -2.37. The van der Waals surface area contributed by atoms with Crippen LogP contribution in [-0.2, 0) is 0 Å². The van der Waals surface area contributed by atoms with Gasteiger partial charge in [0, 0.05) is 28.3 Å². The average Bonchev–Trinajstić information content (AvgIpc) is 2.89. The smallest absolute Gasteiger partial charge is 0.106 e. The van der Waals surface area contributed by atoms with E-state index in [9.17, 15) is 5.11 Å². The van der Waals surface area contributed by atoms with Gasteiger partial charge < -0.3 is 15.7 Å². The number of hydrogen-bond acceptors (Lipinski definition) is 3. The lowest BCUT2D eigenvalue weighted by Gasteiger charge is -2.32. The van der Waals surface area contributed by atoms with Crippen LogP contribution < -0.4 is 10.6 Å². The first-order valence-electron chi connectivity index (χ1n) is 6.60. The molecule has 0 aliphatic heterocycles. The summed E-state index contributed by atoms with van der Waals surface area (Å²) in [5.74, 6) is 0. The number of hydrogen-bond donors (Lipinski definition) is 2. The van der Waals surface area contributed by atoms with Crippen LogP contribution in [0.15, 0.2) is 22.7 Å². The number of aliphatic hydroxyl groups is 1. The minimum absolute atomic E-state index is 0.139. The molecule has 3 N–H and O–H groups in total. The van der Waals surface area contributed by atoms with Crippen molar-refractivity contribution in [3.63, 3.8) is 0 Å². The summed E-state index contributed by atoms with van der Waals surface area (Å²) in [6, 6.07) is 6.42. The maximum Gasteiger partial charge on any atom is 0.106 e. The number of rotatable bonds is 5. The quantitative estimate of drug-likeness (QED) is 0.808. The summed E-state index contributed by atoms with van der Waals surface area (Å²) in [7, 11) is 0. The van der Waals surface area contributed by atoms with Gasteiger partial charge in [-0.3, -0.25) is 0 Å². The number of halogens is 1. The third-order valence-corrected chi connectivity index (χ3v) is 4.35. The third-order valence-electron chi connectivity index (χ3n) is 3.64. The van der Waals surface area contributed by atoms with Crippen molar-refractivity contribution in [1.82, 2.24) is 0 Å². The first-order chi connectivity index (χ1) is 9.13. The molecule has 1 aromatic carbocycles. The van der Waals surface area contributed by atoms with E-state index in [2.05, 4.69) is 20.8 Å². The van der Waals surface area contributed by atoms with E-state index < -0.39 is 0 Å². The van der Waals surface area contributed by atoms with Gasteiger partial charge in [0.25, 0.3) is 0 Å². The minimum atomic E-state index is 0.139. The van der Waals surface area contributed by atoms with Crippen molar-refractivity contribution in [1.29, 1.82) is 0 Å². The summed E-state index contributed by atoms with van der Waals surface area (Å²) < 4.78 is 1.00. The number of nitrogens with two attached hydrogens (primary N) is 1. The monoisotopic (exact) mass is 342 g/mol. The predicted molar refractivity (Wildman–Crippen MR) is 86.7 cm³/mol. The van der Waals surface area contributed by atoms with E-state index in [-0.39, 0.29) is 6.61 Å². The molecule has 1 aliphatic carbocycles. The zero-order valence-corrected chi connectivity index (χ0v) is 13.2. The third kappa shape index (κ3) is 3.46. The van der Waals surface area contributed by atoms with Crippen LogP contribution in [0.2, 0.25) is 0 Å². The molecule has 19 heavy (non-hydrogen) atoms. The number of anilines is 1. The molecule has 1 aromatic rings. The van der Waals surface area contributed by atoms with Gasteiger partial charge in [0.1, 0.15) is 4.99 Å². The second-order valence-electron chi connectivity index (χ2n) is 4.88. The van der Waals surface area contributed by atoms with Crippen LogP contribution in [0.3, 0.4) is 0 Å². The first-order valence-corrected chi connectivity index (χ1v) is 7.80. The number of thiocarbonyl (C=S) groups is 1. The molecule has 104 valence electrons. The SMILES string of the molecule is NC(=S)c1ccc(Br)cc1N(CCO)C1CCCC1. The molecule has 2 rings (SSSR count). The molecule has 1 saturated carbocycles. The lowest BCUT2D eigenvalue weighted by atomic mass is 10.1. The van der Waals surface area contributed by atoms with E-state index in [1.807, 2.05) is 18.2 Å². The zero-order chi connectivity index (χ0) is 13.8. The Labute approximate surface area is 127 Å². The fourth-order valence-corrected chi connectivity index (χ4v) is 3.30.